The predicted octanol–water partition coefficient (Wildman–Crippen LogP) is 3.52. The van der Waals surface area contributed by atoms with Crippen molar-refractivity contribution in [2.75, 3.05) is 14.2 Å². The molecule has 0 aliphatic carbocycles. The highest BCUT2D eigenvalue weighted by molar-refractivity contribution is 5.96. The smallest absolute Gasteiger partial charge is 0.246 e. The predicted molar refractivity (Wildman–Crippen MR) is 88.4 cm³/mol. The van der Waals surface area contributed by atoms with Crippen molar-refractivity contribution in [3.05, 3.63) is 59.7 Å². The van der Waals surface area contributed by atoms with Gasteiger partial charge in [-0.2, -0.15) is 0 Å². The summed E-state index contributed by atoms with van der Waals surface area (Å²) in [7, 11) is 3.30. The highest BCUT2D eigenvalue weighted by Gasteiger charge is 2.07. The molecule has 1 rings (SSSR count). The first-order chi connectivity index (χ1) is 10.1. The van der Waals surface area contributed by atoms with Crippen molar-refractivity contribution in [3.8, 4) is 5.75 Å². The molecule has 1 amide bonds. The summed E-state index contributed by atoms with van der Waals surface area (Å²) < 4.78 is 5.35. The fourth-order valence-electron chi connectivity index (χ4n) is 2.09. The Balaban J connectivity index is 3.27. The lowest BCUT2D eigenvalue weighted by atomic mass is 9.99. The molecule has 0 radical (unpaired) electrons. The number of hydrogen-bond acceptors (Lipinski definition) is 2. The number of methoxy groups -OCH3 is 1. The minimum Gasteiger partial charge on any atom is -0.496 e. The molecule has 0 unspecified atom stereocenters. The fraction of sp³-hybridized carbons (Fsp3) is 0.278. The average molecular weight is 285 g/mol. The van der Waals surface area contributed by atoms with Gasteiger partial charge in [-0.15, -0.1) is 0 Å². The summed E-state index contributed by atoms with van der Waals surface area (Å²) in [5.74, 6) is 0.792. The molecular weight excluding hydrogens is 262 g/mol. The number of ether oxygens (including phenoxy) is 1. The molecule has 112 valence electrons. The van der Waals surface area contributed by atoms with E-state index in [-0.39, 0.29) is 5.91 Å². The maximum atomic E-state index is 11.7. The molecule has 0 aromatic heterocycles. The zero-order chi connectivity index (χ0) is 15.8. The van der Waals surface area contributed by atoms with E-state index in [9.17, 15) is 4.79 Å². The summed E-state index contributed by atoms with van der Waals surface area (Å²) in [4.78, 5) is 11.7. The Bertz CT molecular complexity index is 583. The van der Waals surface area contributed by atoms with Crippen molar-refractivity contribution >= 4 is 11.5 Å². The molecule has 3 heteroatoms. The van der Waals surface area contributed by atoms with Gasteiger partial charge in [-0.25, -0.2) is 0 Å². The van der Waals surface area contributed by atoms with Crippen LogP contribution in [0.15, 0.2) is 48.6 Å². The Hall–Kier alpha value is -2.29. The van der Waals surface area contributed by atoms with Crippen LogP contribution in [0.25, 0.3) is 5.57 Å². The van der Waals surface area contributed by atoms with Crippen LogP contribution in [0.3, 0.4) is 0 Å². The molecule has 1 N–H and O–H groups in total. The van der Waals surface area contributed by atoms with Gasteiger partial charge in [0, 0.05) is 12.6 Å². The van der Waals surface area contributed by atoms with E-state index in [0.717, 1.165) is 28.9 Å². The number of amides is 1. The van der Waals surface area contributed by atoms with Crippen LogP contribution in [0, 0.1) is 0 Å². The molecule has 0 atom stereocenters. The first-order valence-corrected chi connectivity index (χ1v) is 6.97. The molecule has 21 heavy (non-hydrogen) atoms. The van der Waals surface area contributed by atoms with E-state index >= 15 is 0 Å². The van der Waals surface area contributed by atoms with Gasteiger partial charge in [-0.05, 0) is 48.3 Å². The SMILES string of the molecule is C=C/C=C(\C=C(/C)C(=O)NC)c1ccc(OC)c(CC)c1. The van der Waals surface area contributed by atoms with Gasteiger partial charge in [-0.1, -0.05) is 31.7 Å². The maximum Gasteiger partial charge on any atom is 0.246 e. The lowest BCUT2D eigenvalue weighted by molar-refractivity contribution is -0.116. The molecule has 0 heterocycles. The Kier molecular flexibility index (Phi) is 6.47. The van der Waals surface area contributed by atoms with E-state index in [1.807, 2.05) is 24.3 Å². The number of rotatable bonds is 6. The lowest BCUT2D eigenvalue weighted by Crippen LogP contribution is -2.18. The van der Waals surface area contributed by atoms with Crippen LogP contribution in [0.4, 0.5) is 0 Å². The van der Waals surface area contributed by atoms with E-state index in [1.54, 1.807) is 27.2 Å². The number of likely N-dealkylation sites (N-methyl/N-ethyl adjacent to an activating group) is 1. The standard InChI is InChI=1S/C18H23NO2/c1-6-8-15(11-13(3)18(20)19-4)16-9-10-17(21-5)14(7-2)12-16/h6,8-12H,1,7H2,2-5H3,(H,19,20)/b13-11+,15-8+. The van der Waals surface area contributed by atoms with E-state index in [0.29, 0.717) is 5.57 Å². The summed E-state index contributed by atoms with van der Waals surface area (Å²) in [6.07, 6.45) is 6.37. The second kappa shape index (κ2) is 8.10. The number of aryl methyl sites for hydroxylation is 1. The summed E-state index contributed by atoms with van der Waals surface area (Å²) in [5, 5.41) is 2.62. The van der Waals surface area contributed by atoms with Gasteiger partial charge in [0.1, 0.15) is 5.75 Å². The van der Waals surface area contributed by atoms with E-state index < -0.39 is 0 Å². The first kappa shape index (κ1) is 16.8. The zero-order valence-corrected chi connectivity index (χ0v) is 13.2. The summed E-state index contributed by atoms with van der Waals surface area (Å²) in [6, 6.07) is 6.02. The van der Waals surface area contributed by atoms with Gasteiger partial charge in [0.2, 0.25) is 5.91 Å². The number of carbonyl (C=O) groups is 1. The molecule has 1 aromatic rings. The van der Waals surface area contributed by atoms with Crippen molar-refractivity contribution in [2.24, 2.45) is 0 Å². The number of hydrogen-bond donors (Lipinski definition) is 1. The van der Waals surface area contributed by atoms with Crippen LogP contribution in [0.5, 0.6) is 5.75 Å². The second-order valence-electron chi connectivity index (χ2n) is 4.64. The van der Waals surface area contributed by atoms with E-state index in [4.69, 9.17) is 4.74 Å². The number of allylic oxidation sites excluding steroid dienone is 4. The summed E-state index contributed by atoms with van der Waals surface area (Å²) in [5.41, 5.74) is 3.77. The summed E-state index contributed by atoms with van der Waals surface area (Å²) >= 11 is 0. The minimum atomic E-state index is -0.0887. The topological polar surface area (TPSA) is 38.3 Å². The second-order valence-corrected chi connectivity index (χ2v) is 4.64. The van der Waals surface area contributed by atoms with Crippen LogP contribution in [-0.4, -0.2) is 20.1 Å². The zero-order valence-electron chi connectivity index (χ0n) is 13.2. The van der Waals surface area contributed by atoms with Crippen molar-refractivity contribution in [1.82, 2.24) is 5.32 Å². The Morgan fingerprint density at radius 3 is 2.67 bits per heavy atom. The van der Waals surface area contributed by atoms with Crippen molar-refractivity contribution in [1.29, 1.82) is 0 Å². The third kappa shape index (κ3) is 4.35. The molecule has 0 bridgehead atoms. The number of carbonyl (C=O) groups excluding carboxylic acids is 1. The van der Waals surface area contributed by atoms with Crippen molar-refractivity contribution in [2.45, 2.75) is 20.3 Å². The molecular formula is C18H23NO2. The first-order valence-electron chi connectivity index (χ1n) is 6.97. The average Bonchev–Trinajstić information content (AvgIpc) is 2.52. The molecule has 0 saturated heterocycles. The van der Waals surface area contributed by atoms with Crippen LogP contribution >= 0.6 is 0 Å². The number of nitrogens with one attached hydrogen (secondary N) is 1. The monoisotopic (exact) mass is 285 g/mol. The van der Waals surface area contributed by atoms with Gasteiger partial charge < -0.3 is 10.1 Å². The van der Waals surface area contributed by atoms with Gasteiger partial charge >= 0.3 is 0 Å². The van der Waals surface area contributed by atoms with Crippen LogP contribution < -0.4 is 10.1 Å². The fourth-order valence-corrected chi connectivity index (χ4v) is 2.09. The van der Waals surface area contributed by atoms with Gasteiger partial charge in [-0.3, -0.25) is 4.79 Å². The van der Waals surface area contributed by atoms with Crippen LogP contribution in [0.1, 0.15) is 25.0 Å². The third-order valence-electron chi connectivity index (χ3n) is 3.25. The molecule has 1 aromatic carbocycles. The molecule has 0 saturated carbocycles. The van der Waals surface area contributed by atoms with Gasteiger partial charge in [0.15, 0.2) is 0 Å². The largest absolute Gasteiger partial charge is 0.496 e. The molecule has 0 aliphatic rings. The molecule has 3 nitrogen and oxygen atoms in total. The normalized spacial score (nSPS) is 12.0. The third-order valence-corrected chi connectivity index (χ3v) is 3.25. The quantitative estimate of drug-likeness (QED) is 0.641. The summed E-state index contributed by atoms with van der Waals surface area (Å²) in [6.45, 7) is 7.62. The Morgan fingerprint density at radius 2 is 2.14 bits per heavy atom. The minimum absolute atomic E-state index is 0.0887. The lowest BCUT2D eigenvalue weighted by Gasteiger charge is -2.10. The van der Waals surface area contributed by atoms with E-state index in [1.165, 1.54) is 0 Å². The highest BCUT2D eigenvalue weighted by atomic mass is 16.5. The van der Waals surface area contributed by atoms with Crippen molar-refractivity contribution in [3.63, 3.8) is 0 Å². The van der Waals surface area contributed by atoms with E-state index in [2.05, 4.69) is 24.9 Å². The van der Waals surface area contributed by atoms with Crippen LogP contribution in [0.2, 0.25) is 0 Å². The van der Waals surface area contributed by atoms with Gasteiger partial charge in [0.05, 0.1) is 7.11 Å². The van der Waals surface area contributed by atoms with Crippen LogP contribution in [-0.2, 0) is 11.2 Å². The van der Waals surface area contributed by atoms with Crippen molar-refractivity contribution < 1.29 is 9.53 Å². The number of benzene rings is 1. The molecule has 0 aliphatic heterocycles. The molecule has 0 spiro atoms. The Morgan fingerprint density at radius 1 is 1.43 bits per heavy atom. The highest BCUT2D eigenvalue weighted by Crippen LogP contribution is 2.26. The Labute approximate surface area is 127 Å². The molecule has 0 fully saturated rings. The maximum absolute atomic E-state index is 11.7. The van der Waals surface area contributed by atoms with Gasteiger partial charge in [0.25, 0.3) is 0 Å².